The van der Waals surface area contributed by atoms with E-state index >= 15 is 0 Å². The van der Waals surface area contributed by atoms with Crippen LogP contribution in [-0.4, -0.2) is 55.5 Å². The Morgan fingerprint density at radius 1 is 1.33 bits per heavy atom. The number of amides is 3. The molecule has 2 aliphatic heterocycles. The molecule has 2 fully saturated rings. The minimum atomic E-state index is -0.178. The maximum Gasteiger partial charge on any atom is 0.251 e. The molecule has 1 atom stereocenters. The highest BCUT2D eigenvalue weighted by Gasteiger charge is 2.24. The van der Waals surface area contributed by atoms with Gasteiger partial charge in [-0.15, -0.1) is 0 Å². The molecule has 27 heavy (non-hydrogen) atoms. The number of carbonyl (C=O) groups is 3. The summed E-state index contributed by atoms with van der Waals surface area (Å²) in [4.78, 5) is 38.1. The standard InChI is InChI=1S/C20H27N3O4/c1-14-5-6-15(12-17(14)22-20(26)16-7-11-27-13-16)19(25)21-8-3-10-23-9-2-4-18(23)24/h5-6,12,16H,2-4,7-11,13H2,1H3,(H,21,25)(H,22,26). The number of hydrogen-bond acceptors (Lipinski definition) is 4. The summed E-state index contributed by atoms with van der Waals surface area (Å²) in [7, 11) is 0. The van der Waals surface area contributed by atoms with Crippen molar-refractivity contribution in [2.75, 3.05) is 38.2 Å². The Hall–Kier alpha value is -2.41. The monoisotopic (exact) mass is 373 g/mol. The Labute approximate surface area is 159 Å². The minimum Gasteiger partial charge on any atom is -0.381 e. The van der Waals surface area contributed by atoms with Gasteiger partial charge in [0.25, 0.3) is 5.91 Å². The molecule has 1 unspecified atom stereocenters. The Morgan fingerprint density at radius 2 is 2.19 bits per heavy atom. The fourth-order valence-corrected chi connectivity index (χ4v) is 3.39. The Balaban J connectivity index is 1.50. The van der Waals surface area contributed by atoms with Gasteiger partial charge in [0.05, 0.1) is 12.5 Å². The van der Waals surface area contributed by atoms with Crippen molar-refractivity contribution in [1.29, 1.82) is 0 Å². The number of nitrogens with zero attached hydrogens (tertiary/aromatic N) is 1. The van der Waals surface area contributed by atoms with E-state index in [4.69, 9.17) is 4.74 Å². The van der Waals surface area contributed by atoms with E-state index in [0.29, 0.717) is 44.0 Å². The van der Waals surface area contributed by atoms with Crippen molar-refractivity contribution in [3.8, 4) is 0 Å². The van der Waals surface area contributed by atoms with Crippen molar-refractivity contribution < 1.29 is 19.1 Å². The second kappa shape index (κ2) is 8.99. The van der Waals surface area contributed by atoms with Gasteiger partial charge in [-0.2, -0.15) is 0 Å². The summed E-state index contributed by atoms with van der Waals surface area (Å²) in [6.07, 6.45) is 3.02. The number of rotatable bonds is 7. The van der Waals surface area contributed by atoms with E-state index in [2.05, 4.69) is 10.6 Å². The molecule has 146 valence electrons. The highest BCUT2D eigenvalue weighted by Crippen LogP contribution is 2.20. The lowest BCUT2D eigenvalue weighted by Gasteiger charge is -2.15. The first-order valence-corrected chi connectivity index (χ1v) is 9.60. The van der Waals surface area contributed by atoms with Gasteiger partial charge in [-0.1, -0.05) is 6.07 Å². The average Bonchev–Trinajstić information content (AvgIpc) is 3.32. The maximum atomic E-state index is 12.4. The number of nitrogens with one attached hydrogen (secondary N) is 2. The Morgan fingerprint density at radius 3 is 2.89 bits per heavy atom. The smallest absolute Gasteiger partial charge is 0.251 e. The van der Waals surface area contributed by atoms with E-state index in [1.54, 1.807) is 12.1 Å². The third kappa shape index (κ3) is 5.07. The zero-order valence-electron chi connectivity index (χ0n) is 15.8. The number of hydrogen-bond donors (Lipinski definition) is 2. The van der Waals surface area contributed by atoms with Crippen LogP contribution in [0.4, 0.5) is 5.69 Å². The van der Waals surface area contributed by atoms with Crippen LogP contribution < -0.4 is 10.6 Å². The molecule has 7 nitrogen and oxygen atoms in total. The largest absolute Gasteiger partial charge is 0.381 e. The highest BCUT2D eigenvalue weighted by atomic mass is 16.5. The molecule has 0 bridgehead atoms. The quantitative estimate of drug-likeness (QED) is 0.713. The van der Waals surface area contributed by atoms with Crippen LogP contribution in [0, 0.1) is 12.8 Å². The molecule has 0 radical (unpaired) electrons. The predicted octanol–water partition coefficient (Wildman–Crippen LogP) is 1.71. The number of ether oxygens (including phenoxy) is 1. The molecule has 0 aliphatic carbocycles. The summed E-state index contributed by atoms with van der Waals surface area (Å²) < 4.78 is 5.26. The third-order valence-corrected chi connectivity index (χ3v) is 5.12. The van der Waals surface area contributed by atoms with Gasteiger partial charge < -0.3 is 20.3 Å². The summed E-state index contributed by atoms with van der Waals surface area (Å²) in [5, 5.41) is 5.80. The van der Waals surface area contributed by atoms with E-state index in [9.17, 15) is 14.4 Å². The molecule has 1 aromatic carbocycles. The first kappa shape index (κ1) is 19.4. The van der Waals surface area contributed by atoms with Gasteiger partial charge >= 0.3 is 0 Å². The van der Waals surface area contributed by atoms with Gasteiger partial charge in [0.2, 0.25) is 11.8 Å². The van der Waals surface area contributed by atoms with Crippen molar-refractivity contribution in [3.63, 3.8) is 0 Å². The second-order valence-electron chi connectivity index (χ2n) is 7.17. The first-order chi connectivity index (χ1) is 13.0. The molecule has 3 amide bonds. The molecular weight excluding hydrogens is 346 g/mol. The predicted molar refractivity (Wildman–Crippen MR) is 101 cm³/mol. The molecule has 2 heterocycles. The summed E-state index contributed by atoms with van der Waals surface area (Å²) in [6, 6.07) is 5.30. The molecule has 1 aromatic rings. The maximum absolute atomic E-state index is 12.4. The molecule has 0 saturated carbocycles. The molecule has 0 aromatic heterocycles. The van der Waals surface area contributed by atoms with Crippen molar-refractivity contribution in [2.24, 2.45) is 5.92 Å². The van der Waals surface area contributed by atoms with E-state index in [-0.39, 0.29) is 23.6 Å². The number of anilines is 1. The SMILES string of the molecule is Cc1ccc(C(=O)NCCCN2CCCC2=O)cc1NC(=O)C1CCOC1. The van der Waals surface area contributed by atoms with Crippen LogP contribution in [0.3, 0.4) is 0 Å². The van der Waals surface area contributed by atoms with E-state index < -0.39 is 0 Å². The fraction of sp³-hybridized carbons (Fsp3) is 0.550. The summed E-state index contributed by atoms with van der Waals surface area (Å²) in [5.41, 5.74) is 2.07. The first-order valence-electron chi connectivity index (χ1n) is 9.60. The molecule has 3 rings (SSSR count). The van der Waals surface area contributed by atoms with Crippen molar-refractivity contribution in [3.05, 3.63) is 29.3 Å². The van der Waals surface area contributed by atoms with Crippen molar-refractivity contribution in [2.45, 2.75) is 32.6 Å². The van der Waals surface area contributed by atoms with Gasteiger partial charge in [0, 0.05) is 43.9 Å². The zero-order chi connectivity index (χ0) is 19.2. The third-order valence-electron chi connectivity index (χ3n) is 5.12. The fourth-order valence-electron chi connectivity index (χ4n) is 3.39. The van der Waals surface area contributed by atoms with Gasteiger partial charge in [-0.25, -0.2) is 0 Å². The van der Waals surface area contributed by atoms with Crippen LogP contribution in [0.2, 0.25) is 0 Å². The number of benzene rings is 1. The molecule has 2 N–H and O–H groups in total. The Bertz CT molecular complexity index is 713. The van der Waals surface area contributed by atoms with Crippen LogP contribution >= 0.6 is 0 Å². The van der Waals surface area contributed by atoms with E-state index in [1.807, 2.05) is 17.9 Å². The van der Waals surface area contributed by atoms with E-state index in [0.717, 1.165) is 31.4 Å². The molecule has 2 aliphatic rings. The number of aryl methyl sites for hydroxylation is 1. The van der Waals surface area contributed by atoms with Gasteiger partial charge in [0.15, 0.2) is 0 Å². The van der Waals surface area contributed by atoms with Gasteiger partial charge in [-0.05, 0) is 43.9 Å². The number of likely N-dealkylation sites (tertiary alicyclic amines) is 1. The lowest BCUT2D eigenvalue weighted by Crippen LogP contribution is -2.30. The summed E-state index contributed by atoms with van der Waals surface area (Å²) in [6.45, 7) is 4.97. The molecule has 7 heteroatoms. The van der Waals surface area contributed by atoms with Crippen LogP contribution in [0.1, 0.15) is 41.6 Å². The van der Waals surface area contributed by atoms with Gasteiger partial charge in [-0.3, -0.25) is 14.4 Å². The minimum absolute atomic E-state index is 0.0663. The van der Waals surface area contributed by atoms with Crippen LogP contribution in [0.25, 0.3) is 0 Å². The number of carbonyl (C=O) groups excluding carboxylic acids is 3. The normalized spacial score (nSPS) is 19.4. The van der Waals surface area contributed by atoms with Crippen LogP contribution in [0.5, 0.6) is 0 Å². The lowest BCUT2D eigenvalue weighted by atomic mass is 10.1. The second-order valence-corrected chi connectivity index (χ2v) is 7.17. The lowest BCUT2D eigenvalue weighted by molar-refractivity contribution is -0.127. The van der Waals surface area contributed by atoms with Crippen LogP contribution in [0.15, 0.2) is 18.2 Å². The molecule has 0 spiro atoms. The average molecular weight is 373 g/mol. The van der Waals surface area contributed by atoms with Crippen molar-refractivity contribution in [1.82, 2.24) is 10.2 Å². The van der Waals surface area contributed by atoms with Gasteiger partial charge in [0.1, 0.15) is 0 Å². The molecule has 2 saturated heterocycles. The highest BCUT2D eigenvalue weighted by molar-refractivity contribution is 5.98. The van der Waals surface area contributed by atoms with Crippen LogP contribution in [-0.2, 0) is 14.3 Å². The summed E-state index contributed by atoms with van der Waals surface area (Å²) in [5.74, 6) is -0.172. The Kier molecular flexibility index (Phi) is 6.45. The topological polar surface area (TPSA) is 87.7 Å². The van der Waals surface area contributed by atoms with Crippen molar-refractivity contribution >= 4 is 23.4 Å². The zero-order valence-corrected chi connectivity index (χ0v) is 15.8. The molecular formula is C20H27N3O4. The summed E-state index contributed by atoms with van der Waals surface area (Å²) >= 11 is 0. The van der Waals surface area contributed by atoms with E-state index in [1.165, 1.54) is 0 Å².